The van der Waals surface area contributed by atoms with Gasteiger partial charge in [0, 0.05) is 62.7 Å². The third-order valence-electron chi connectivity index (χ3n) is 5.30. The smallest absolute Gasteiger partial charge is 0.255 e. The molecule has 6 heteroatoms. The van der Waals surface area contributed by atoms with Crippen molar-refractivity contribution in [2.24, 2.45) is 7.05 Å². The lowest BCUT2D eigenvalue weighted by Gasteiger charge is -2.22. The first kappa shape index (κ1) is 17.4. The van der Waals surface area contributed by atoms with Crippen LogP contribution >= 0.6 is 0 Å². The fourth-order valence-corrected chi connectivity index (χ4v) is 3.85. The average Bonchev–Trinajstić information content (AvgIpc) is 3.23. The number of carbonyl (C=O) groups excluding carboxylic acids is 2. The number of para-hydroxylation sites is 1. The Morgan fingerprint density at radius 3 is 2.63 bits per heavy atom. The van der Waals surface area contributed by atoms with E-state index in [2.05, 4.69) is 21.7 Å². The largest absolute Gasteiger partial charge is 0.367 e. The van der Waals surface area contributed by atoms with Crippen molar-refractivity contribution < 1.29 is 9.59 Å². The van der Waals surface area contributed by atoms with E-state index >= 15 is 0 Å². The molecule has 0 saturated carbocycles. The first-order valence-electron chi connectivity index (χ1n) is 9.36. The van der Waals surface area contributed by atoms with Gasteiger partial charge in [0.1, 0.15) is 0 Å². The molecule has 0 atom stereocenters. The van der Waals surface area contributed by atoms with Crippen LogP contribution in [-0.2, 0) is 18.3 Å². The van der Waals surface area contributed by atoms with E-state index in [4.69, 9.17) is 0 Å². The number of aromatic amines is 1. The lowest BCUT2D eigenvalue weighted by molar-refractivity contribution is -0.130. The van der Waals surface area contributed by atoms with E-state index in [1.807, 2.05) is 35.2 Å². The Balaban J connectivity index is 1.43. The maximum atomic E-state index is 12.9. The first-order valence-corrected chi connectivity index (χ1v) is 9.36. The number of nitrogens with zero attached hydrogens (tertiary/aromatic N) is 3. The predicted molar refractivity (Wildman–Crippen MR) is 105 cm³/mol. The van der Waals surface area contributed by atoms with Crippen LogP contribution in [0.2, 0.25) is 0 Å². The van der Waals surface area contributed by atoms with Gasteiger partial charge in [0.25, 0.3) is 5.91 Å². The number of fused-ring (bicyclic) bond motifs is 1. The van der Waals surface area contributed by atoms with Crippen LogP contribution in [0.5, 0.6) is 0 Å². The summed E-state index contributed by atoms with van der Waals surface area (Å²) in [4.78, 5) is 32.1. The molecule has 3 aromatic rings. The van der Waals surface area contributed by atoms with Gasteiger partial charge >= 0.3 is 0 Å². The van der Waals surface area contributed by atoms with Gasteiger partial charge in [-0.3, -0.25) is 9.59 Å². The molecular formula is C21H24N4O2. The minimum Gasteiger partial charge on any atom is -0.367 e. The number of benzene rings is 1. The lowest BCUT2D eigenvalue weighted by atomic mass is 10.1. The molecule has 1 aromatic carbocycles. The number of hydrogen-bond donors (Lipinski definition) is 1. The number of H-pyrrole nitrogens is 1. The summed E-state index contributed by atoms with van der Waals surface area (Å²) >= 11 is 0. The van der Waals surface area contributed by atoms with Crippen LogP contribution in [0.1, 0.15) is 22.3 Å². The highest BCUT2D eigenvalue weighted by Crippen LogP contribution is 2.21. The Labute approximate surface area is 158 Å². The van der Waals surface area contributed by atoms with Gasteiger partial charge in [-0.25, -0.2) is 0 Å². The fourth-order valence-electron chi connectivity index (χ4n) is 3.85. The number of amides is 2. The van der Waals surface area contributed by atoms with Crippen LogP contribution in [0, 0.1) is 0 Å². The second kappa shape index (κ2) is 7.31. The fraction of sp³-hybridized carbons (Fsp3) is 0.333. The van der Waals surface area contributed by atoms with Gasteiger partial charge in [0.15, 0.2) is 0 Å². The van der Waals surface area contributed by atoms with Crippen molar-refractivity contribution >= 4 is 22.7 Å². The average molecular weight is 364 g/mol. The molecule has 1 fully saturated rings. The SMILES string of the molecule is Cn1cc(CC(=O)N2CCCN(C(=O)c3cc[nH]c3)CC2)c2ccccc21. The van der Waals surface area contributed by atoms with Gasteiger partial charge in [0.05, 0.1) is 12.0 Å². The molecule has 2 aromatic heterocycles. The molecule has 1 N–H and O–H groups in total. The number of aryl methyl sites for hydroxylation is 1. The molecule has 140 valence electrons. The number of rotatable bonds is 3. The van der Waals surface area contributed by atoms with Gasteiger partial charge in [-0.2, -0.15) is 0 Å². The molecule has 0 bridgehead atoms. The van der Waals surface area contributed by atoms with E-state index in [9.17, 15) is 9.59 Å². The van der Waals surface area contributed by atoms with Gasteiger partial charge < -0.3 is 19.4 Å². The van der Waals surface area contributed by atoms with E-state index in [0.29, 0.717) is 38.2 Å². The van der Waals surface area contributed by atoms with Gasteiger partial charge in [0.2, 0.25) is 5.91 Å². The quantitative estimate of drug-likeness (QED) is 0.776. The van der Waals surface area contributed by atoms with E-state index in [1.54, 1.807) is 18.5 Å². The van der Waals surface area contributed by atoms with Crippen molar-refractivity contribution in [3.05, 3.63) is 60.0 Å². The molecule has 1 aliphatic heterocycles. The van der Waals surface area contributed by atoms with Crippen LogP contribution in [0.3, 0.4) is 0 Å². The molecule has 1 aliphatic rings. The highest BCUT2D eigenvalue weighted by Gasteiger charge is 2.23. The van der Waals surface area contributed by atoms with Crippen LogP contribution in [0.25, 0.3) is 10.9 Å². The molecular weight excluding hydrogens is 340 g/mol. The van der Waals surface area contributed by atoms with Gasteiger partial charge in [-0.05, 0) is 24.1 Å². The first-order chi connectivity index (χ1) is 13.1. The zero-order valence-corrected chi connectivity index (χ0v) is 15.5. The summed E-state index contributed by atoms with van der Waals surface area (Å²) in [5.41, 5.74) is 2.87. The molecule has 3 heterocycles. The van der Waals surface area contributed by atoms with E-state index in [0.717, 1.165) is 22.9 Å². The Hall–Kier alpha value is -3.02. The van der Waals surface area contributed by atoms with Crippen LogP contribution in [0.4, 0.5) is 0 Å². The molecule has 4 rings (SSSR count). The summed E-state index contributed by atoms with van der Waals surface area (Å²) in [5.74, 6) is 0.155. The maximum absolute atomic E-state index is 12.9. The van der Waals surface area contributed by atoms with Gasteiger partial charge in [-0.1, -0.05) is 18.2 Å². The van der Waals surface area contributed by atoms with E-state index < -0.39 is 0 Å². The van der Waals surface area contributed by atoms with Crippen molar-refractivity contribution in [2.45, 2.75) is 12.8 Å². The minimum atomic E-state index is 0.0274. The number of nitrogens with one attached hydrogen (secondary N) is 1. The molecule has 0 aliphatic carbocycles. The topological polar surface area (TPSA) is 61.3 Å². The lowest BCUT2D eigenvalue weighted by Crippen LogP contribution is -2.37. The standard InChI is InChI=1S/C21H24N4O2/c1-23-15-17(18-5-2-3-6-19(18)23)13-20(26)24-9-4-10-25(12-11-24)21(27)16-7-8-22-14-16/h2-3,5-8,14-15,22H,4,9-13H2,1H3. The Kier molecular flexibility index (Phi) is 4.71. The van der Waals surface area contributed by atoms with Crippen LogP contribution in [-0.4, -0.2) is 57.3 Å². The van der Waals surface area contributed by atoms with E-state index in [1.165, 1.54) is 0 Å². The summed E-state index contributed by atoms with van der Waals surface area (Å²) in [6.45, 7) is 2.54. The number of hydrogen-bond acceptors (Lipinski definition) is 2. The normalized spacial score (nSPS) is 15.1. The highest BCUT2D eigenvalue weighted by molar-refractivity contribution is 5.94. The summed E-state index contributed by atoms with van der Waals surface area (Å²) in [5, 5.41) is 1.13. The Morgan fingerprint density at radius 2 is 1.81 bits per heavy atom. The molecule has 6 nitrogen and oxygen atoms in total. The maximum Gasteiger partial charge on any atom is 0.255 e. The predicted octanol–water partition coefficient (Wildman–Crippen LogP) is 2.42. The summed E-state index contributed by atoms with van der Waals surface area (Å²) in [6, 6.07) is 9.94. The highest BCUT2D eigenvalue weighted by atomic mass is 16.2. The van der Waals surface area contributed by atoms with Crippen molar-refractivity contribution in [1.29, 1.82) is 0 Å². The summed E-state index contributed by atoms with van der Waals surface area (Å²) < 4.78 is 2.07. The van der Waals surface area contributed by atoms with E-state index in [-0.39, 0.29) is 11.8 Å². The minimum absolute atomic E-state index is 0.0274. The van der Waals surface area contributed by atoms with Crippen molar-refractivity contribution in [3.8, 4) is 0 Å². The summed E-state index contributed by atoms with van der Waals surface area (Å²) in [7, 11) is 2.01. The molecule has 0 spiro atoms. The third kappa shape index (κ3) is 3.47. The zero-order valence-electron chi connectivity index (χ0n) is 15.5. The monoisotopic (exact) mass is 364 g/mol. The molecule has 0 unspecified atom stereocenters. The third-order valence-corrected chi connectivity index (χ3v) is 5.30. The van der Waals surface area contributed by atoms with Crippen LogP contribution < -0.4 is 0 Å². The van der Waals surface area contributed by atoms with Crippen molar-refractivity contribution in [3.63, 3.8) is 0 Å². The second-order valence-corrected chi connectivity index (χ2v) is 7.09. The Morgan fingerprint density at radius 1 is 1.04 bits per heavy atom. The van der Waals surface area contributed by atoms with Crippen molar-refractivity contribution in [1.82, 2.24) is 19.4 Å². The zero-order chi connectivity index (χ0) is 18.8. The molecule has 1 saturated heterocycles. The Bertz CT molecular complexity index is 958. The summed E-state index contributed by atoms with van der Waals surface area (Å²) in [6.07, 6.45) is 6.72. The second-order valence-electron chi connectivity index (χ2n) is 7.09. The van der Waals surface area contributed by atoms with Crippen molar-refractivity contribution in [2.75, 3.05) is 26.2 Å². The molecule has 2 amide bonds. The number of carbonyl (C=O) groups is 2. The van der Waals surface area contributed by atoms with Gasteiger partial charge in [-0.15, -0.1) is 0 Å². The van der Waals surface area contributed by atoms with Crippen LogP contribution in [0.15, 0.2) is 48.9 Å². The molecule has 0 radical (unpaired) electrons. The number of aromatic nitrogens is 2. The molecule has 27 heavy (non-hydrogen) atoms.